The number of carbonyl (C=O) groups is 2. The number of carboxylic acid groups (broad SMARTS) is 1. The van der Waals surface area contributed by atoms with E-state index in [1.54, 1.807) is 0 Å². The number of rotatable bonds is 6. The minimum Gasteiger partial charge on any atom is -0.481 e. The zero-order chi connectivity index (χ0) is 22.0. The Morgan fingerprint density at radius 1 is 1.13 bits per heavy atom. The highest BCUT2D eigenvalue weighted by molar-refractivity contribution is 6.03. The normalized spacial score (nSPS) is 15.8. The second-order valence-electron chi connectivity index (χ2n) is 7.82. The average Bonchev–Trinajstić information content (AvgIpc) is 3.17. The Morgan fingerprint density at radius 2 is 1.90 bits per heavy atom. The van der Waals surface area contributed by atoms with Crippen molar-refractivity contribution in [3.8, 4) is 0 Å². The summed E-state index contributed by atoms with van der Waals surface area (Å²) in [7, 11) is 0. The first-order valence-corrected chi connectivity index (χ1v) is 10.2. The molecule has 0 aliphatic carbocycles. The molecule has 4 rings (SSSR count). The Hall–Kier alpha value is -3.74. The van der Waals surface area contributed by atoms with Crippen molar-refractivity contribution in [2.24, 2.45) is 5.10 Å². The van der Waals surface area contributed by atoms with Gasteiger partial charge in [0.05, 0.1) is 18.2 Å². The van der Waals surface area contributed by atoms with Gasteiger partial charge in [-0.3, -0.25) is 14.4 Å². The van der Waals surface area contributed by atoms with Gasteiger partial charge < -0.3 is 10.1 Å². The number of aliphatic carboxylic acids is 1. The Kier molecular flexibility index (Phi) is 5.66. The molecule has 0 radical (unpaired) electrons. The van der Waals surface area contributed by atoms with Crippen LogP contribution in [0.2, 0.25) is 0 Å². The number of pyridine rings is 1. The molecule has 7 nitrogen and oxygen atoms in total. The zero-order valence-electron chi connectivity index (χ0n) is 17.2. The van der Waals surface area contributed by atoms with Crippen molar-refractivity contribution in [3.63, 3.8) is 0 Å². The predicted molar refractivity (Wildman–Crippen MR) is 118 cm³/mol. The van der Waals surface area contributed by atoms with Crippen molar-refractivity contribution in [2.75, 3.05) is 0 Å². The van der Waals surface area contributed by atoms with Gasteiger partial charge in [0.25, 0.3) is 5.56 Å². The van der Waals surface area contributed by atoms with E-state index in [4.69, 9.17) is 5.11 Å². The summed E-state index contributed by atoms with van der Waals surface area (Å²) in [6.45, 7) is 1.99. The highest BCUT2D eigenvalue weighted by atomic mass is 16.4. The molecule has 2 aromatic carbocycles. The Labute approximate surface area is 179 Å². The highest BCUT2D eigenvalue weighted by Gasteiger charge is 2.32. The Balaban J connectivity index is 1.64. The van der Waals surface area contributed by atoms with E-state index in [1.807, 2.05) is 61.5 Å². The maximum atomic E-state index is 12.7. The fourth-order valence-electron chi connectivity index (χ4n) is 3.89. The lowest BCUT2D eigenvalue weighted by molar-refractivity contribution is -0.141. The molecule has 0 saturated carbocycles. The van der Waals surface area contributed by atoms with Crippen LogP contribution in [0.25, 0.3) is 10.9 Å². The lowest BCUT2D eigenvalue weighted by Gasteiger charge is -2.21. The molecule has 7 heteroatoms. The van der Waals surface area contributed by atoms with Crippen LogP contribution >= 0.6 is 0 Å². The van der Waals surface area contributed by atoms with Gasteiger partial charge in [-0.15, -0.1) is 0 Å². The summed E-state index contributed by atoms with van der Waals surface area (Å²) in [5.41, 5.74) is 3.89. The van der Waals surface area contributed by atoms with Crippen LogP contribution in [-0.4, -0.2) is 38.7 Å². The van der Waals surface area contributed by atoms with Crippen LogP contribution in [0.4, 0.5) is 0 Å². The van der Waals surface area contributed by atoms with E-state index in [2.05, 4.69) is 10.1 Å². The van der Waals surface area contributed by atoms with E-state index >= 15 is 0 Å². The second-order valence-corrected chi connectivity index (χ2v) is 7.82. The minimum atomic E-state index is -1.03. The first-order valence-electron chi connectivity index (χ1n) is 10.2. The number of aryl methyl sites for hydroxylation is 1. The number of amides is 1. The largest absolute Gasteiger partial charge is 0.481 e. The van der Waals surface area contributed by atoms with Crippen LogP contribution in [-0.2, 0) is 16.0 Å². The van der Waals surface area contributed by atoms with Gasteiger partial charge >= 0.3 is 5.97 Å². The predicted octanol–water partition coefficient (Wildman–Crippen LogP) is 3.25. The van der Waals surface area contributed by atoms with Crippen LogP contribution in [0.1, 0.15) is 36.0 Å². The number of nitrogens with zero attached hydrogens (tertiary/aromatic N) is 2. The number of hydrazone groups is 1. The summed E-state index contributed by atoms with van der Waals surface area (Å²) in [6.07, 6.45) is 0.435. The highest BCUT2D eigenvalue weighted by Crippen LogP contribution is 2.24. The molecule has 1 atom stereocenters. The molecular formula is C24H23N3O4. The summed E-state index contributed by atoms with van der Waals surface area (Å²) in [5.74, 6) is -1.39. The number of aromatic amines is 1. The van der Waals surface area contributed by atoms with Crippen LogP contribution in [0, 0.1) is 6.92 Å². The third-order valence-electron chi connectivity index (χ3n) is 5.45. The van der Waals surface area contributed by atoms with E-state index in [-0.39, 0.29) is 30.3 Å². The van der Waals surface area contributed by atoms with Gasteiger partial charge in [-0.25, -0.2) is 5.01 Å². The van der Waals surface area contributed by atoms with E-state index in [0.717, 1.165) is 27.7 Å². The van der Waals surface area contributed by atoms with Gasteiger partial charge in [0, 0.05) is 30.3 Å². The second kappa shape index (κ2) is 8.55. The van der Waals surface area contributed by atoms with Gasteiger partial charge in [-0.2, -0.15) is 5.10 Å². The van der Waals surface area contributed by atoms with E-state index in [0.29, 0.717) is 18.4 Å². The molecule has 1 amide bonds. The molecule has 1 aliphatic heterocycles. The smallest absolute Gasteiger partial charge is 0.303 e. The average molecular weight is 417 g/mol. The standard InChI is InChI=1S/C24H23N3O4/c1-15-7-8-20-17(11-15)12-18(24(31)25-20)13-19-14-21(16-5-3-2-4-6-16)26-27(19)22(28)9-10-23(29)30/h2-8,11-12,19H,9-10,13-14H2,1H3,(H,25,31)(H,29,30)/t19-/m1/s1. The molecule has 0 spiro atoms. The molecule has 2 heterocycles. The molecule has 31 heavy (non-hydrogen) atoms. The van der Waals surface area contributed by atoms with Crippen LogP contribution in [0.5, 0.6) is 0 Å². The molecule has 3 aromatic rings. The quantitative estimate of drug-likeness (QED) is 0.643. The molecule has 1 aromatic heterocycles. The maximum Gasteiger partial charge on any atom is 0.303 e. The number of hydrogen-bond donors (Lipinski definition) is 2. The molecule has 0 unspecified atom stereocenters. The zero-order valence-corrected chi connectivity index (χ0v) is 17.2. The fraction of sp³-hybridized carbons (Fsp3) is 0.250. The maximum absolute atomic E-state index is 12.7. The minimum absolute atomic E-state index is 0.134. The fourth-order valence-corrected chi connectivity index (χ4v) is 3.89. The van der Waals surface area contributed by atoms with Gasteiger partial charge in [-0.1, -0.05) is 42.0 Å². The number of fused-ring (bicyclic) bond motifs is 1. The molecule has 0 fully saturated rings. The first-order chi connectivity index (χ1) is 14.9. The lowest BCUT2D eigenvalue weighted by atomic mass is 9.98. The molecule has 0 saturated heterocycles. The summed E-state index contributed by atoms with van der Waals surface area (Å²) in [5, 5.41) is 15.8. The SMILES string of the molecule is Cc1ccc2[nH]c(=O)c(C[C@@H]3CC(c4ccccc4)=NN3C(=O)CCC(=O)O)cc2c1. The van der Waals surface area contributed by atoms with Crippen molar-refractivity contribution < 1.29 is 14.7 Å². The van der Waals surface area contributed by atoms with Crippen LogP contribution in [0.15, 0.2) is 64.5 Å². The van der Waals surface area contributed by atoms with E-state index in [1.165, 1.54) is 5.01 Å². The van der Waals surface area contributed by atoms with Crippen molar-refractivity contribution in [1.29, 1.82) is 0 Å². The number of carboxylic acids is 1. The third kappa shape index (κ3) is 4.55. The summed E-state index contributed by atoms with van der Waals surface area (Å²) < 4.78 is 0. The first kappa shape index (κ1) is 20.5. The van der Waals surface area contributed by atoms with Gasteiger partial charge in [0.2, 0.25) is 5.91 Å². The molecule has 158 valence electrons. The Bertz CT molecular complexity index is 1230. The summed E-state index contributed by atoms with van der Waals surface area (Å²) in [4.78, 5) is 39.2. The van der Waals surface area contributed by atoms with Crippen LogP contribution in [0.3, 0.4) is 0 Å². The van der Waals surface area contributed by atoms with Gasteiger partial charge in [0.1, 0.15) is 0 Å². The molecule has 1 aliphatic rings. The van der Waals surface area contributed by atoms with Crippen molar-refractivity contribution in [2.45, 2.75) is 38.6 Å². The third-order valence-corrected chi connectivity index (χ3v) is 5.45. The number of nitrogens with one attached hydrogen (secondary N) is 1. The van der Waals surface area contributed by atoms with Crippen LogP contribution < -0.4 is 5.56 Å². The lowest BCUT2D eigenvalue weighted by Crippen LogP contribution is -2.35. The Morgan fingerprint density at radius 3 is 2.65 bits per heavy atom. The number of hydrogen-bond acceptors (Lipinski definition) is 4. The van der Waals surface area contributed by atoms with E-state index in [9.17, 15) is 14.4 Å². The van der Waals surface area contributed by atoms with Crippen molar-refractivity contribution in [1.82, 2.24) is 9.99 Å². The number of H-pyrrole nitrogens is 1. The summed E-state index contributed by atoms with van der Waals surface area (Å²) >= 11 is 0. The molecular weight excluding hydrogens is 394 g/mol. The number of carbonyl (C=O) groups excluding carboxylic acids is 1. The topological polar surface area (TPSA) is 103 Å². The van der Waals surface area contributed by atoms with Gasteiger partial charge in [0.15, 0.2) is 0 Å². The van der Waals surface area contributed by atoms with Crippen molar-refractivity contribution in [3.05, 3.63) is 81.6 Å². The monoisotopic (exact) mass is 417 g/mol. The van der Waals surface area contributed by atoms with E-state index < -0.39 is 5.97 Å². The molecule has 0 bridgehead atoms. The number of aromatic nitrogens is 1. The van der Waals surface area contributed by atoms with Gasteiger partial charge in [-0.05, 0) is 36.1 Å². The van der Waals surface area contributed by atoms with Crippen molar-refractivity contribution >= 4 is 28.5 Å². The number of benzene rings is 2. The molecule has 2 N–H and O–H groups in total. The summed E-state index contributed by atoms with van der Waals surface area (Å²) in [6, 6.07) is 16.9.